The molecular weight excluding hydrogens is 256 g/mol. The van der Waals surface area contributed by atoms with Gasteiger partial charge in [0.2, 0.25) is 0 Å². The Balaban J connectivity index is 2.60. The van der Waals surface area contributed by atoms with E-state index in [1.807, 2.05) is 0 Å². The summed E-state index contributed by atoms with van der Waals surface area (Å²) in [7, 11) is 1.59. The van der Waals surface area contributed by atoms with Crippen LogP contribution in [0, 0.1) is 0 Å². The lowest BCUT2D eigenvalue weighted by Gasteiger charge is -2.07. The quantitative estimate of drug-likeness (QED) is 0.649. The molecule has 1 N–H and O–H groups in total. The van der Waals surface area contributed by atoms with Crippen LogP contribution < -0.4 is 5.48 Å². The van der Waals surface area contributed by atoms with Crippen molar-refractivity contribution >= 4 is 34.8 Å². The second-order valence-corrected chi connectivity index (χ2v) is 4.30. The maximum absolute atomic E-state index is 6.03. The molecule has 0 unspecified atom stereocenters. The third-order valence-electron chi connectivity index (χ3n) is 1.96. The van der Waals surface area contributed by atoms with Gasteiger partial charge in [-0.2, -0.15) is 0 Å². The lowest BCUT2D eigenvalue weighted by molar-refractivity contribution is 0.0911. The van der Waals surface area contributed by atoms with Gasteiger partial charge >= 0.3 is 0 Å². The first kappa shape index (κ1) is 13.1. The van der Waals surface area contributed by atoms with Crippen molar-refractivity contribution < 1.29 is 4.84 Å². The molecule has 2 nitrogen and oxygen atoms in total. The van der Waals surface area contributed by atoms with Gasteiger partial charge in [-0.15, -0.1) is 0 Å². The molecule has 84 valence electrons. The summed E-state index contributed by atoms with van der Waals surface area (Å²) < 4.78 is 0. The summed E-state index contributed by atoms with van der Waals surface area (Å²) in [5.74, 6) is 0. The van der Waals surface area contributed by atoms with Crippen molar-refractivity contribution in [3.8, 4) is 0 Å². The highest BCUT2D eigenvalue weighted by atomic mass is 35.5. The summed E-state index contributed by atoms with van der Waals surface area (Å²) in [4.78, 5) is 4.72. The predicted molar refractivity (Wildman–Crippen MR) is 64.8 cm³/mol. The van der Waals surface area contributed by atoms with Gasteiger partial charge in [-0.1, -0.05) is 34.8 Å². The zero-order chi connectivity index (χ0) is 11.3. The molecule has 0 aliphatic rings. The Morgan fingerprint density at radius 1 is 1.20 bits per heavy atom. The van der Waals surface area contributed by atoms with E-state index in [1.54, 1.807) is 19.2 Å². The van der Waals surface area contributed by atoms with Crippen LogP contribution in [0.2, 0.25) is 15.1 Å². The van der Waals surface area contributed by atoms with Gasteiger partial charge in [0.25, 0.3) is 0 Å². The fraction of sp³-hybridized carbons (Fsp3) is 0.400. The molecule has 1 aromatic carbocycles. The maximum atomic E-state index is 6.03. The molecule has 0 spiro atoms. The molecule has 0 saturated carbocycles. The first-order chi connectivity index (χ1) is 7.15. The van der Waals surface area contributed by atoms with Crippen LogP contribution in [0.3, 0.4) is 0 Å². The Bertz CT molecular complexity index is 307. The van der Waals surface area contributed by atoms with Crippen molar-refractivity contribution in [3.05, 3.63) is 32.8 Å². The molecule has 0 heterocycles. The summed E-state index contributed by atoms with van der Waals surface area (Å²) >= 11 is 17.9. The van der Waals surface area contributed by atoms with Gasteiger partial charge in [-0.25, -0.2) is 5.48 Å². The number of rotatable bonds is 5. The van der Waals surface area contributed by atoms with Gasteiger partial charge in [-0.3, -0.25) is 0 Å². The average molecular weight is 269 g/mol. The van der Waals surface area contributed by atoms with Crippen LogP contribution in [0.5, 0.6) is 0 Å². The highest BCUT2D eigenvalue weighted by molar-refractivity contribution is 6.39. The van der Waals surface area contributed by atoms with E-state index in [0.29, 0.717) is 15.1 Å². The molecule has 0 aromatic heterocycles. The molecular formula is C10H12Cl3NO. The van der Waals surface area contributed by atoms with Crippen molar-refractivity contribution in [1.82, 2.24) is 5.48 Å². The van der Waals surface area contributed by atoms with Crippen molar-refractivity contribution in [2.75, 3.05) is 13.7 Å². The van der Waals surface area contributed by atoms with E-state index < -0.39 is 0 Å². The first-order valence-electron chi connectivity index (χ1n) is 4.54. The smallest absolute Gasteiger partial charge is 0.0572 e. The van der Waals surface area contributed by atoms with Crippen molar-refractivity contribution in [2.45, 2.75) is 12.8 Å². The van der Waals surface area contributed by atoms with E-state index in [2.05, 4.69) is 5.48 Å². The van der Waals surface area contributed by atoms with E-state index in [9.17, 15) is 0 Å². The van der Waals surface area contributed by atoms with E-state index in [-0.39, 0.29) is 0 Å². The second kappa shape index (κ2) is 6.56. The van der Waals surface area contributed by atoms with E-state index in [4.69, 9.17) is 39.6 Å². The summed E-state index contributed by atoms with van der Waals surface area (Å²) in [5.41, 5.74) is 3.69. The number of nitrogens with one attached hydrogen (secondary N) is 1. The van der Waals surface area contributed by atoms with Crippen LogP contribution >= 0.6 is 34.8 Å². The molecule has 0 fully saturated rings. The fourth-order valence-electron chi connectivity index (χ4n) is 1.25. The molecule has 0 aliphatic carbocycles. The van der Waals surface area contributed by atoms with Crippen molar-refractivity contribution in [2.24, 2.45) is 0 Å². The number of hydrogen-bond donors (Lipinski definition) is 1. The van der Waals surface area contributed by atoms with Crippen LogP contribution in [0.15, 0.2) is 12.1 Å². The number of halogens is 3. The minimum Gasteiger partial charge on any atom is -0.305 e. The van der Waals surface area contributed by atoms with Gasteiger partial charge in [0, 0.05) is 21.6 Å². The van der Waals surface area contributed by atoms with Crippen LogP contribution in [-0.2, 0) is 11.3 Å². The lowest BCUT2D eigenvalue weighted by atomic mass is 10.1. The van der Waals surface area contributed by atoms with E-state index >= 15 is 0 Å². The average Bonchev–Trinajstić information content (AvgIpc) is 2.15. The van der Waals surface area contributed by atoms with Gasteiger partial charge in [0.05, 0.1) is 7.11 Å². The van der Waals surface area contributed by atoms with Gasteiger partial charge in [0.15, 0.2) is 0 Å². The van der Waals surface area contributed by atoms with Gasteiger partial charge in [-0.05, 0) is 30.5 Å². The van der Waals surface area contributed by atoms with Gasteiger partial charge in [0.1, 0.15) is 0 Å². The van der Waals surface area contributed by atoms with Gasteiger partial charge < -0.3 is 4.84 Å². The summed E-state index contributed by atoms with van der Waals surface area (Å²) in [6.07, 6.45) is 1.69. The number of hydroxylamine groups is 1. The fourth-order valence-corrected chi connectivity index (χ4v) is 2.26. The van der Waals surface area contributed by atoms with E-state index in [1.165, 1.54) is 0 Å². The molecule has 1 rings (SSSR count). The van der Waals surface area contributed by atoms with Crippen LogP contribution in [0.4, 0.5) is 0 Å². The van der Waals surface area contributed by atoms with Crippen LogP contribution in [0.25, 0.3) is 0 Å². The molecule has 0 radical (unpaired) electrons. The maximum Gasteiger partial charge on any atom is 0.0572 e. The summed E-state index contributed by atoms with van der Waals surface area (Å²) in [5, 5.41) is 1.79. The highest BCUT2D eigenvalue weighted by Crippen LogP contribution is 2.29. The molecule has 0 atom stereocenters. The monoisotopic (exact) mass is 267 g/mol. The molecule has 1 aromatic rings. The molecule has 0 bridgehead atoms. The first-order valence-corrected chi connectivity index (χ1v) is 5.68. The van der Waals surface area contributed by atoms with Crippen LogP contribution in [-0.4, -0.2) is 13.7 Å². The zero-order valence-electron chi connectivity index (χ0n) is 8.32. The molecule has 0 amide bonds. The Morgan fingerprint density at radius 2 is 1.80 bits per heavy atom. The third kappa shape index (κ3) is 4.17. The van der Waals surface area contributed by atoms with Crippen molar-refractivity contribution in [3.63, 3.8) is 0 Å². The Kier molecular flexibility index (Phi) is 5.72. The second-order valence-electron chi connectivity index (χ2n) is 3.05. The van der Waals surface area contributed by atoms with E-state index in [0.717, 1.165) is 24.9 Å². The highest BCUT2D eigenvalue weighted by Gasteiger charge is 2.07. The topological polar surface area (TPSA) is 21.3 Å². The summed E-state index contributed by atoms with van der Waals surface area (Å²) in [6.45, 7) is 0.756. The molecule has 0 saturated heterocycles. The Hall–Kier alpha value is 0.01000. The van der Waals surface area contributed by atoms with Crippen LogP contribution in [0.1, 0.15) is 12.0 Å². The normalized spacial score (nSPS) is 10.7. The third-order valence-corrected chi connectivity index (χ3v) is 2.85. The largest absolute Gasteiger partial charge is 0.305 e. The van der Waals surface area contributed by atoms with Crippen molar-refractivity contribution in [1.29, 1.82) is 0 Å². The minimum absolute atomic E-state index is 0.559. The number of benzene rings is 1. The number of hydrogen-bond acceptors (Lipinski definition) is 2. The standard InChI is InChI=1S/C10H12Cl3NO/c1-15-14-4-2-3-8-9(12)5-7(11)6-10(8)13/h5-6,14H,2-4H2,1H3. The Morgan fingerprint density at radius 3 is 2.33 bits per heavy atom. The lowest BCUT2D eigenvalue weighted by Crippen LogP contribution is -2.13. The zero-order valence-corrected chi connectivity index (χ0v) is 10.6. The SMILES string of the molecule is CONCCCc1c(Cl)cc(Cl)cc1Cl. The predicted octanol–water partition coefficient (Wildman–Crippen LogP) is 3.73. The summed E-state index contributed by atoms with van der Waals surface area (Å²) in [6, 6.07) is 3.40. The Labute approximate surface area is 104 Å². The molecule has 0 aliphatic heterocycles. The molecule has 15 heavy (non-hydrogen) atoms. The minimum atomic E-state index is 0.559. The molecule has 5 heteroatoms.